The van der Waals surface area contributed by atoms with Gasteiger partial charge in [-0.25, -0.2) is 4.79 Å². The van der Waals surface area contributed by atoms with Crippen LogP contribution in [0.25, 0.3) is 6.08 Å². The third-order valence-corrected chi connectivity index (χ3v) is 5.50. The van der Waals surface area contributed by atoms with Gasteiger partial charge in [-0.1, -0.05) is 58.1 Å². The molecule has 144 valence electrons. The van der Waals surface area contributed by atoms with Crippen molar-refractivity contribution >= 4 is 67.9 Å². The van der Waals surface area contributed by atoms with Gasteiger partial charge in [0.05, 0.1) is 17.2 Å². The summed E-state index contributed by atoms with van der Waals surface area (Å²) in [4.78, 5) is 26.2. The Morgan fingerprint density at radius 3 is 2.68 bits per heavy atom. The predicted molar refractivity (Wildman–Crippen MR) is 118 cm³/mol. The molecule has 1 aliphatic heterocycles. The van der Waals surface area contributed by atoms with E-state index in [1.807, 2.05) is 36.4 Å². The lowest BCUT2D eigenvalue weighted by Gasteiger charge is -2.14. The molecule has 1 heterocycles. The number of anilines is 1. The molecule has 0 N–H and O–H groups in total. The Morgan fingerprint density at radius 2 is 2.00 bits per heavy atom. The minimum atomic E-state index is -0.414. The lowest BCUT2D eigenvalue weighted by atomic mass is 10.2. The Hall–Kier alpha value is -2.16. The van der Waals surface area contributed by atoms with Gasteiger partial charge in [0.2, 0.25) is 0 Å². The van der Waals surface area contributed by atoms with Gasteiger partial charge in [0.1, 0.15) is 5.75 Å². The highest BCUT2D eigenvalue weighted by atomic mass is 79.9. The summed E-state index contributed by atoms with van der Waals surface area (Å²) in [7, 11) is 0. The molecule has 1 amide bonds. The molecular formula is C20H16BrNO4S2. The number of carbonyl (C=O) groups is 2. The molecule has 2 aromatic rings. The molecule has 0 bridgehead atoms. The van der Waals surface area contributed by atoms with Gasteiger partial charge in [-0.2, -0.15) is 0 Å². The molecule has 0 aliphatic carbocycles. The van der Waals surface area contributed by atoms with Crippen molar-refractivity contribution < 1.29 is 19.1 Å². The smallest absolute Gasteiger partial charge is 0.344 e. The van der Waals surface area contributed by atoms with E-state index in [2.05, 4.69) is 15.9 Å². The second-order valence-corrected chi connectivity index (χ2v) is 8.25. The molecule has 0 saturated carbocycles. The lowest BCUT2D eigenvalue weighted by Crippen LogP contribution is -2.27. The molecule has 28 heavy (non-hydrogen) atoms. The normalized spacial score (nSPS) is 15.2. The number of thioether (sulfide) groups is 1. The highest BCUT2D eigenvalue weighted by Crippen LogP contribution is 2.36. The molecule has 5 nitrogen and oxygen atoms in total. The first kappa shape index (κ1) is 20.6. The number of amides is 1. The Balaban J connectivity index is 1.71. The van der Waals surface area contributed by atoms with Crippen LogP contribution in [0, 0.1) is 0 Å². The molecule has 1 fully saturated rings. The summed E-state index contributed by atoms with van der Waals surface area (Å²) in [5.41, 5.74) is 1.56. The SMILES string of the molecule is CCOC(=O)COc1ccc(/C=C2\SC(=S)N(c3cccc(Br)c3)C2=O)cc1. The summed E-state index contributed by atoms with van der Waals surface area (Å²) in [5.74, 6) is -0.0228. The van der Waals surface area contributed by atoms with Crippen LogP contribution < -0.4 is 9.64 Å². The quantitative estimate of drug-likeness (QED) is 0.338. The lowest BCUT2D eigenvalue weighted by molar-refractivity contribution is -0.145. The first-order valence-electron chi connectivity index (χ1n) is 8.40. The summed E-state index contributed by atoms with van der Waals surface area (Å²) in [6, 6.07) is 14.5. The van der Waals surface area contributed by atoms with Crippen LogP contribution in [0.5, 0.6) is 5.75 Å². The number of halogens is 1. The van der Waals surface area contributed by atoms with Crippen LogP contribution in [-0.4, -0.2) is 29.4 Å². The Labute approximate surface area is 180 Å². The Morgan fingerprint density at radius 1 is 1.25 bits per heavy atom. The van der Waals surface area contributed by atoms with Crippen LogP contribution in [-0.2, 0) is 14.3 Å². The summed E-state index contributed by atoms with van der Waals surface area (Å²) in [6.45, 7) is 1.92. The molecule has 2 aromatic carbocycles. The van der Waals surface area contributed by atoms with E-state index >= 15 is 0 Å². The molecule has 0 spiro atoms. The molecule has 0 unspecified atom stereocenters. The van der Waals surface area contributed by atoms with Crippen molar-refractivity contribution in [2.75, 3.05) is 18.1 Å². The number of rotatable bonds is 6. The molecular weight excluding hydrogens is 462 g/mol. The largest absolute Gasteiger partial charge is 0.482 e. The molecule has 3 rings (SSSR count). The van der Waals surface area contributed by atoms with Crippen LogP contribution >= 0.6 is 39.9 Å². The highest BCUT2D eigenvalue weighted by molar-refractivity contribution is 9.10. The number of benzene rings is 2. The molecule has 0 aromatic heterocycles. The first-order valence-corrected chi connectivity index (χ1v) is 10.4. The number of nitrogens with zero attached hydrogens (tertiary/aromatic N) is 1. The van der Waals surface area contributed by atoms with E-state index in [4.69, 9.17) is 21.7 Å². The van der Waals surface area contributed by atoms with Gasteiger partial charge in [0.15, 0.2) is 10.9 Å². The number of hydrogen-bond acceptors (Lipinski definition) is 6. The van der Waals surface area contributed by atoms with E-state index in [-0.39, 0.29) is 12.5 Å². The standard InChI is InChI=1S/C20H16BrNO4S2/c1-2-25-18(23)12-26-16-8-6-13(7-9-16)10-17-19(24)22(20(27)28-17)15-5-3-4-14(21)11-15/h3-11H,2,12H2,1H3/b17-10-. The zero-order chi connectivity index (χ0) is 20.1. The zero-order valence-corrected chi connectivity index (χ0v) is 18.1. The fraction of sp³-hybridized carbons (Fsp3) is 0.150. The Kier molecular flexibility index (Phi) is 6.88. The van der Waals surface area contributed by atoms with Crippen LogP contribution in [0.15, 0.2) is 57.9 Å². The maximum atomic E-state index is 12.8. The van der Waals surface area contributed by atoms with Crippen molar-refractivity contribution in [3.05, 3.63) is 63.5 Å². The van der Waals surface area contributed by atoms with Crippen LogP contribution in [0.2, 0.25) is 0 Å². The number of carbonyl (C=O) groups excluding carboxylic acids is 2. The van der Waals surface area contributed by atoms with Gasteiger partial charge in [-0.3, -0.25) is 9.69 Å². The average Bonchev–Trinajstić information content (AvgIpc) is 2.94. The molecule has 0 atom stereocenters. The minimum Gasteiger partial charge on any atom is -0.482 e. The van der Waals surface area contributed by atoms with Gasteiger partial charge in [0, 0.05) is 4.47 Å². The van der Waals surface area contributed by atoms with Crippen molar-refractivity contribution in [2.45, 2.75) is 6.92 Å². The highest BCUT2D eigenvalue weighted by Gasteiger charge is 2.33. The summed E-state index contributed by atoms with van der Waals surface area (Å²) >= 11 is 10.1. The molecule has 8 heteroatoms. The fourth-order valence-corrected chi connectivity index (χ4v) is 4.15. The Bertz CT molecular complexity index is 943. The monoisotopic (exact) mass is 477 g/mol. The van der Waals surface area contributed by atoms with Gasteiger partial charge >= 0.3 is 5.97 Å². The maximum absolute atomic E-state index is 12.8. The van der Waals surface area contributed by atoms with Crippen LogP contribution in [0.1, 0.15) is 12.5 Å². The summed E-state index contributed by atoms with van der Waals surface area (Å²) in [5, 5.41) is 0. The van der Waals surface area contributed by atoms with E-state index in [0.717, 1.165) is 15.7 Å². The maximum Gasteiger partial charge on any atom is 0.344 e. The topological polar surface area (TPSA) is 55.8 Å². The van der Waals surface area contributed by atoms with Crippen molar-refractivity contribution in [1.82, 2.24) is 0 Å². The van der Waals surface area contributed by atoms with Crippen molar-refractivity contribution in [1.29, 1.82) is 0 Å². The van der Waals surface area contributed by atoms with Crippen molar-refractivity contribution in [2.24, 2.45) is 0 Å². The number of ether oxygens (including phenoxy) is 2. The van der Waals surface area contributed by atoms with Crippen LogP contribution in [0.4, 0.5) is 5.69 Å². The van der Waals surface area contributed by atoms with Crippen molar-refractivity contribution in [3.63, 3.8) is 0 Å². The fourth-order valence-electron chi connectivity index (χ4n) is 2.46. The van der Waals surface area contributed by atoms with E-state index in [9.17, 15) is 9.59 Å². The third-order valence-electron chi connectivity index (χ3n) is 3.70. The molecule has 1 aliphatic rings. The average molecular weight is 478 g/mol. The van der Waals surface area contributed by atoms with Crippen LogP contribution in [0.3, 0.4) is 0 Å². The third kappa shape index (κ3) is 5.01. The minimum absolute atomic E-state index is 0.140. The number of esters is 1. The van der Waals surface area contributed by atoms with Gasteiger partial charge in [-0.15, -0.1) is 0 Å². The van der Waals surface area contributed by atoms with E-state index in [1.54, 1.807) is 25.1 Å². The first-order chi connectivity index (χ1) is 13.5. The van der Waals surface area contributed by atoms with Gasteiger partial charge < -0.3 is 9.47 Å². The second-order valence-electron chi connectivity index (χ2n) is 5.66. The second kappa shape index (κ2) is 9.36. The van der Waals surface area contributed by atoms with E-state index in [1.165, 1.54) is 16.7 Å². The number of hydrogen-bond donors (Lipinski definition) is 0. The summed E-state index contributed by atoms with van der Waals surface area (Å²) < 4.78 is 11.6. The molecule has 0 radical (unpaired) electrons. The van der Waals surface area contributed by atoms with Gasteiger partial charge in [0.25, 0.3) is 5.91 Å². The zero-order valence-electron chi connectivity index (χ0n) is 14.9. The number of thiocarbonyl (C=S) groups is 1. The van der Waals surface area contributed by atoms with Gasteiger partial charge in [-0.05, 0) is 48.9 Å². The predicted octanol–water partition coefficient (Wildman–Crippen LogP) is 4.80. The summed E-state index contributed by atoms with van der Waals surface area (Å²) in [6.07, 6.45) is 1.78. The molecule has 1 saturated heterocycles. The van der Waals surface area contributed by atoms with Crippen molar-refractivity contribution in [3.8, 4) is 5.75 Å². The van der Waals surface area contributed by atoms with E-state index < -0.39 is 5.97 Å². The van der Waals surface area contributed by atoms with E-state index in [0.29, 0.717) is 21.6 Å².